The Morgan fingerprint density at radius 2 is 1.67 bits per heavy atom. The summed E-state index contributed by atoms with van der Waals surface area (Å²) in [7, 11) is -4.67. The fourth-order valence-corrected chi connectivity index (χ4v) is 0.136. The minimum atomic E-state index is -4.67. The van der Waals surface area contributed by atoms with Gasteiger partial charge in [-0.3, -0.25) is 9.11 Å². The Labute approximate surface area is 71.1 Å². The molecule has 0 spiro atoms. The molecule has 0 aromatic heterocycles. The highest BCUT2D eigenvalue weighted by Crippen LogP contribution is 1.69. The molecule has 12 heavy (non-hydrogen) atoms. The largest absolute Gasteiger partial charge is 0.498 e. The molecule has 6 nitrogen and oxygen atoms in total. The van der Waals surface area contributed by atoms with E-state index in [1.807, 2.05) is 0 Å². The average molecular weight is 200 g/mol. The Morgan fingerprint density at radius 3 is 1.75 bits per heavy atom. The molecule has 74 valence electrons. The third-order valence-corrected chi connectivity index (χ3v) is 0.332. The summed E-state index contributed by atoms with van der Waals surface area (Å²) in [4.78, 5) is 0. The molecule has 0 fully saturated rings. The van der Waals surface area contributed by atoms with E-state index in [4.69, 9.17) is 17.5 Å². The molecule has 0 heterocycles. The summed E-state index contributed by atoms with van der Waals surface area (Å²) in [6.07, 6.45) is 3.06. The van der Waals surface area contributed by atoms with E-state index in [1.54, 1.807) is 6.08 Å². The number of ether oxygens (including phenoxy) is 1. The summed E-state index contributed by atoms with van der Waals surface area (Å²) in [5.41, 5.74) is 0. The molecule has 4 N–H and O–H groups in total. The lowest BCUT2D eigenvalue weighted by Crippen LogP contribution is -1.89. The normalized spacial score (nSPS) is 8.17. The van der Waals surface area contributed by atoms with Gasteiger partial charge in [-0.05, 0) is 0 Å². The van der Waals surface area contributed by atoms with Crippen LogP contribution < -0.4 is 0 Å². The molecule has 0 saturated carbocycles. The van der Waals surface area contributed by atoms with Gasteiger partial charge in [-0.2, -0.15) is 8.42 Å². The lowest BCUT2D eigenvalue weighted by Gasteiger charge is -1.86. The van der Waals surface area contributed by atoms with E-state index in [2.05, 4.69) is 17.9 Å². The molecule has 0 rings (SSSR count). The smallest absolute Gasteiger partial charge is 0.394 e. The van der Waals surface area contributed by atoms with E-state index in [-0.39, 0.29) is 5.48 Å². The van der Waals surface area contributed by atoms with Crippen LogP contribution in [0.2, 0.25) is 0 Å². The standard InChI is InChI=1S/C5H8O.H2O4S.H2O/c1-3-5-6-4-2;1-5(2,3)4;/h3-4H,1-2,5H2;(H2,1,2,3,4);1H2. The zero-order valence-electron chi connectivity index (χ0n) is 6.30. The van der Waals surface area contributed by atoms with Crippen molar-refractivity contribution in [1.29, 1.82) is 0 Å². The van der Waals surface area contributed by atoms with Gasteiger partial charge in [0.2, 0.25) is 0 Å². The maximum absolute atomic E-state index is 8.74. The van der Waals surface area contributed by atoms with Gasteiger partial charge in [0.1, 0.15) is 6.61 Å². The maximum atomic E-state index is 8.74. The Bertz CT molecular complexity index is 178. The SMILES string of the molecule is C=CCOC=C.O.O=S(=O)(O)O. The molecule has 0 aromatic rings. The lowest BCUT2D eigenvalue weighted by molar-refractivity contribution is 0.291. The molecule has 0 bridgehead atoms. The van der Waals surface area contributed by atoms with Crippen LogP contribution in [0.1, 0.15) is 0 Å². The summed E-state index contributed by atoms with van der Waals surface area (Å²) in [6.45, 7) is 7.31. The summed E-state index contributed by atoms with van der Waals surface area (Å²) < 4.78 is 36.2. The van der Waals surface area contributed by atoms with Crippen molar-refractivity contribution in [2.24, 2.45) is 0 Å². The number of hydrogen-bond donors (Lipinski definition) is 2. The topological polar surface area (TPSA) is 115 Å². The zero-order valence-corrected chi connectivity index (χ0v) is 7.12. The van der Waals surface area contributed by atoms with Crippen LogP contribution in [0.4, 0.5) is 0 Å². The van der Waals surface area contributed by atoms with E-state index in [9.17, 15) is 0 Å². The summed E-state index contributed by atoms with van der Waals surface area (Å²) in [5.74, 6) is 0. The molecule has 0 amide bonds. The van der Waals surface area contributed by atoms with Crippen LogP contribution in [-0.4, -0.2) is 29.6 Å². The quantitative estimate of drug-likeness (QED) is 0.284. The van der Waals surface area contributed by atoms with Crippen LogP contribution in [0, 0.1) is 0 Å². The molecule has 0 radical (unpaired) electrons. The maximum Gasteiger partial charge on any atom is 0.394 e. The Morgan fingerprint density at radius 1 is 1.33 bits per heavy atom. The van der Waals surface area contributed by atoms with Gasteiger partial charge in [-0.25, -0.2) is 0 Å². The minimum absolute atomic E-state index is 0. The fourth-order valence-electron chi connectivity index (χ4n) is 0.136. The van der Waals surface area contributed by atoms with Gasteiger partial charge in [-0.1, -0.05) is 19.2 Å². The molecular weight excluding hydrogens is 188 g/mol. The molecule has 0 saturated heterocycles. The average Bonchev–Trinajstić information content (AvgIpc) is 1.79. The van der Waals surface area contributed by atoms with E-state index >= 15 is 0 Å². The molecule has 0 unspecified atom stereocenters. The molecular formula is C5H12O6S. The highest BCUT2D eigenvalue weighted by atomic mass is 32.3. The van der Waals surface area contributed by atoms with E-state index in [0.29, 0.717) is 6.61 Å². The van der Waals surface area contributed by atoms with Crippen molar-refractivity contribution in [2.45, 2.75) is 0 Å². The van der Waals surface area contributed by atoms with Gasteiger partial charge >= 0.3 is 10.4 Å². The van der Waals surface area contributed by atoms with E-state index < -0.39 is 10.4 Å². The number of rotatable bonds is 3. The first-order valence-corrected chi connectivity index (χ1v) is 3.84. The van der Waals surface area contributed by atoms with Gasteiger partial charge in [0.25, 0.3) is 0 Å². The first kappa shape index (κ1) is 17.3. The monoisotopic (exact) mass is 200 g/mol. The molecule has 0 aliphatic rings. The Kier molecular flexibility index (Phi) is 14.5. The van der Waals surface area contributed by atoms with Crippen LogP contribution >= 0.6 is 0 Å². The molecule has 7 heteroatoms. The van der Waals surface area contributed by atoms with Gasteiger partial charge in [-0.15, -0.1) is 0 Å². The van der Waals surface area contributed by atoms with Crippen molar-refractivity contribution in [3.05, 3.63) is 25.5 Å². The van der Waals surface area contributed by atoms with E-state index in [1.165, 1.54) is 6.26 Å². The van der Waals surface area contributed by atoms with Crippen LogP contribution in [0.25, 0.3) is 0 Å². The van der Waals surface area contributed by atoms with Crippen LogP contribution in [0.3, 0.4) is 0 Å². The first-order chi connectivity index (χ1) is 4.91. The molecule has 0 aromatic carbocycles. The van der Waals surface area contributed by atoms with Crippen molar-refractivity contribution in [3.8, 4) is 0 Å². The molecule has 0 aliphatic carbocycles. The third-order valence-electron chi connectivity index (χ3n) is 0.332. The summed E-state index contributed by atoms with van der Waals surface area (Å²) in [6, 6.07) is 0. The minimum Gasteiger partial charge on any atom is -0.498 e. The first-order valence-electron chi connectivity index (χ1n) is 2.45. The van der Waals surface area contributed by atoms with Gasteiger partial charge in [0.05, 0.1) is 6.26 Å². The zero-order chi connectivity index (χ0) is 9.33. The summed E-state index contributed by atoms with van der Waals surface area (Å²) >= 11 is 0. The van der Waals surface area contributed by atoms with Crippen molar-refractivity contribution in [1.82, 2.24) is 0 Å². The van der Waals surface area contributed by atoms with Crippen molar-refractivity contribution >= 4 is 10.4 Å². The Balaban J connectivity index is -0.000000126. The van der Waals surface area contributed by atoms with Crippen LogP contribution in [0.15, 0.2) is 25.5 Å². The van der Waals surface area contributed by atoms with E-state index in [0.717, 1.165) is 0 Å². The van der Waals surface area contributed by atoms with Crippen molar-refractivity contribution < 1.29 is 27.7 Å². The van der Waals surface area contributed by atoms with Crippen molar-refractivity contribution in [2.75, 3.05) is 6.61 Å². The molecule has 0 aliphatic heterocycles. The van der Waals surface area contributed by atoms with Gasteiger partial charge < -0.3 is 10.2 Å². The van der Waals surface area contributed by atoms with Crippen LogP contribution in [-0.2, 0) is 15.1 Å². The highest BCUT2D eigenvalue weighted by molar-refractivity contribution is 7.79. The fraction of sp³-hybridized carbons (Fsp3) is 0.200. The van der Waals surface area contributed by atoms with Gasteiger partial charge in [0, 0.05) is 0 Å². The summed E-state index contributed by atoms with van der Waals surface area (Å²) in [5, 5.41) is 0. The Hall–Kier alpha value is -0.890. The van der Waals surface area contributed by atoms with Crippen molar-refractivity contribution in [3.63, 3.8) is 0 Å². The van der Waals surface area contributed by atoms with Gasteiger partial charge in [0.15, 0.2) is 0 Å². The lowest BCUT2D eigenvalue weighted by atomic mass is 10.7. The molecule has 0 atom stereocenters. The predicted molar refractivity (Wildman–Crippen MR) is 44.1 cm³/mol. The second-order valence-corrected chi connectivity index (χ2v) is 2.13. The second-order valence-electron chi connectivity index (χ2n) is 1.24. The predicted octanol–water partition coefficient (Wildman–Crippen LogP) is -0.145. The highest BCUT2D eigenvalue weighted by Gasteiger charge is 1.84. The second kappa shape index (κ2) is 10.1. The number of hydrogen-bond acceptors (Lipinski definition) is 3. The van der Waals surface area contributed by atoms with Crippen LogP contribution in [0.5, 0.6) is 0 Å². The third kappa shape index (κ3) is 135.